The SMILES string of the molecule is Cc1ccc(C2C(C#N)=C(N)Oc3cc(N(C)C)ccc32)cc1C. The van der Waals surface area contributed by atoms with E-state index in [1.807, 2.05) is 37.2 Å². The van der Waals surface area contributed by atoms with Gasteiger partial charge in [-0.25, -0.2) is 0 Å². The Kier molecular flexibility index (Phi) is 3.94. The van der Waals surface area contributed by atoms with Crippen molar-refractivity contribution >= 4 is 5.69 Å². The molecule has 2 aromatic carbocycles. The maximum Gasteiger partial charge on any atom is 0.205 e. The molecule has 0 spiro atoms. The number of hydrogen-bond acceptors (Lipinski definition) is 4. The van der Waals surface area contributed by atoms with E-state index in [-0.39, 0.29) is 11.8 Å². The molecule has 1 aliphatic rings. The smallest absolute Gasteiger partial charge is 0.205 e. The predicted molar refractivity (Wildman–Crippen MR) is 96.0 cm³/mol. The lowest BCUT2D eigenvalue weighted by Gasteiger charge is -2.28. The molecule has 0 aliphatic carbocycles. The Morgan fingerprint density at radius 1 is 1.08 bits per heavy atom. The highest BCUT2D eigenvalue weighted by molar-refractivity contribution is 5.61. The van der Waals surface area contributed by atoms with Gasteiger partial charge in [-0.2, -0.15) is 5.26 Å². The first-order valence-electron chi connectivity index (χ1n) is 7.88. The number of nitrogens with two attached hydrogens (primary N) is 1. The molecule has 4 nitrogen and oxygen atoms in total. The molecule has 0 saturated carbocycles. The number of fused-ring (bicyclic) bond motifs is 1. The van der Waals surface area contributed by atoms with Crippen LogP contribution < -0.4 is 15.4 Å². The average molecular weight is 319 g/mol. The van der Waals surface area contributed by atoms with Crippen LogP contribution in [-0.4, -0.2) is 14.1 Å². The van der Waals surface area contributed by atoms with E-state index < -0.39 is 0 Å². The Labute approximate surface area is 142 Å². The summed E-state index contributed by atoms with van der Waals surface area (Å²) < 4.78 is 5.74. The van der Waals surface area contributed by atoms with Gasteiger partial charge in [0.2, 0.25) is 5.88 Å². The van der Waals surface area contributed by atoms with Gasteiger partial charge in [-0.05, 0) is 36.6 Å². The number of nitrogens with zero attached hydrogens (tertiary/aromatic N) is 2. The zero-order chi connectivity index (χ0) is 17.4. The summed E-state index contributed by atoms with van der Waals surface area (Å²) >= 11 is 0. The molecule has 1 unspecified atom stereocenters. The van der Waals surface area contributed by atoms with Gasteiger partial charge >= 0.3 is 0 Å². The van der Waals surface area contributed by atoms with Gasteiger partial charge in [0.25, 0.3) is 0 Å². The number of ether oxygens (including phenoxy) is 1. The van der Waals surface area contributed by atoms with Gasteiger partial charge in [-0.15, -0.1) is 0 Å². The van der Waals surface area contributed by atoms with Crippen molar-refractivity contribution in [2.75, 3.05) is 19.0 Å². The Balaban J connectivity index is 2.20. The second-order valence-corrected chi connectivity index (χ2v) is 6.39. The Morgan fingerprint density at radius 2 is 1.83 bits per heavy atom. The molecule has 4 heteroatoms. The first-order chi connectivity index (χ1) is 11.4. The van der Waals surface area contributed by atoms with Crippen LogP contribution in [0, 0.1) is 25.2 Å². The maximum atomic E-state index is 9.61. The summed E-state index contributed by atoms with van der Waals surface area (Å²) in [6, 6.07) is 14.5. The molecule has 122 valence electrons. The van der Waals surface area contributed by atoms with Gasteiger partial charge < -0.3 is 15.4 Å². The average Bonchev–Trinajstić information content (AvgIpc) is 2.55. The minimum Gasteiger partial charge on any atom is -0.440 e. The fraction of sp³-hybridized carbons (Fsp3) is 0.250. The van der Waals surface area contributed by atoms with E-state index in [9.17, 15) is 5.26 Å². The van der Waals surface area contributed by atoms with Crippen LogP contribution in [0.2, 0.25) is 0 Å². The lowest BCUT2D eigenvalue weighted by Crippen LogP contribution is -2.21. The van der Waals surface area contributed by atoms with E-state index in [4.69, 9.17) is 10.5 Å². The fourth-order valence-electron chi connectivity index (χ4n) is 3.01. The third kappa shape index (κ3) is 2.59. The first kappa shape index (κ1) is 15.9. The largest absolute Gasteiger partial charge is 0.440 e. The van der Waals surface area contributed by atoms with E-state index >= 15 is 0 Å². The van der Waals surface area contributed by atoms with Crippen molar-refractivity contribution in [3.05, 3.63) is 70.1 Å². The third-order valence-corrected chi connectivity index (χ3v) is 4.58. The highest BCUT2D eigenvalue weighted by atomic mass is 16.5. The number of allylic oxidation sites excluding steroid dienone is 1. The fourth-order valence-corrected chi connectivity index (χ4v) is 3.01. The van der Waals surface area contributed by atoms with Crippen molar-refractivity contribution in [1.29, 1.82) is 5.26 Å². The van der Waals surface area contributed by atoms with Gasteiger partial charge in [0.05, 0.1) is 5.92 Å². The third-order valence-electron chi connectivity index (χ3n) is 4.58. The van der Waals surface area contributed by atoms with Crippen LogP contribution in [0.25, 0.3) is 0 Å². The molecule has 2 aromatic rings. The molecule has 24 heavy (non-hydrogen) atoms. The summed E-state index contributed by atoms with van der Waals surface area (Å²) in [5, 5.41) is 9.61. The topological polar surface area (TPSA) is 62.3 Å². The molecule has 2 N–H and O–H groups in total. The zero-order valence-corrected chi connectivity index (χ0v) is 14.4. The van der Waals surface area contributed by atoms with E-state index in [1.165, 1.54) is 11.1 Å². The Morgan fingerprint density at radius 3 is 2.46 bits per heavy atom. The maximum absolute atomic E-state index is 9.61. The molecule has 0 fully saturated rings. The summed E-state index contributed by atoms with van der Waals surface area (Å²) in [6.45, 7) is 4.16. The molecule has 1 atom stereocenters. The highest BCUT2D eigenvalue weighted by Gasteiger charge is 2.31. The van der Waals surface area contributed by atoms with Crippen LogP contribution in [0.4, 0.5) is 5.69 Å². The highest BCUT2D eigenvalue weighted by Crippen LogP contribution is 2.43. The Hall–Kier alpha value is -2.93. The normalized spacial score (nSPS) is 16.2. The standard InChI is InChI=1S/C20H21N3O/c1-12-5-6-14(9-13(12)2)19-16-8-7-15(23(3)4)10-18(16)24-20(22)17(19)11-21/h5-10,19H,22H2,1-4H3. The summed E-state index contributed by atoms with van der Waals surface area (Å²) in [5.41, 5.74) is 12.0. The van der Waals surface area contributed by atoms with Crippen molar-refractivity contribution in [3.63, 3.8) is 0 Å². The lowest BCUT2D eigenvalue weighted by atomic mass is 9.82. The van der Waals surface area contributed by atoms with Crippen LogP contribution in [0.5, 0.6) is 5.75 Å². The van der Waals surface area contributed by atoms with Crippen LogP contribution in [0.15, 0.2) is 47.9 Å². The quantitative estimate of drug-likeness (QED) is 0.919. The van der Waals surface area contributed by atoms with Crippen molar-refractivity contribution in [2.24, 2.45) is 5.73 Å². The number of benzene rings is 2. The molecule has 0 radical (unpaired) electrons. The van der Waals surface area contributed by atoms with Crippen LogP contribution in [0.3, 0.4) is 0 Å². The number of nitriles is 1. The van der Waals surface area contributed by atoms with E-state index in [0.717, 1.165) is 16.8 Å². The summed E-state index contributed by atoms with van der Waals surface area (Å²) in [4.78, 5) is 2.01. The molecule has 1 heterocycles. The summed E-state index contributed by atoms with van der Waals surface area (Å²) in [5.74, 6) is 0.694. The first-order valence-corrected chi connectivity index (χ1v) is 7.88. The van der Waals surface area contributed by atoms with Gasteiger partial charge in [0.1, 0.15) is 17.4 Å². The van der Waals surface area contributed by atoms with E-state index in [1.54, 1.807) is 0 Å². The van der Waals surface area contributed by atoms with Crippen molar-refractivity contribution in [2.45, 2.75) is 19.8 Å². The number of aryl methyl sites for hydroxylation is 2. The van der Waals surface area contributed by atoms with Gasteiger partial charge in [-0.3, -0.25) is 0 Å². The van der Waals surface area contributed by atoms with Crippen molar-refractivity contribution < 1.29 is 4.74 Å². The number of anilines is 1. The second kappa shape index (κ2) is 5.93. The molecule has 3 rings (SSSR count). The van der Waals surface area contributed by atoms with Gasteiger partial charge in [0, 0.05) is 31.4 Å². The van der Waals surface area contributed by atoms with E-state index in [2.05, 4.69) is 38.1 Å². The molecule has 0 saturated heterocycles. The predicted octanol–water partition coefficient (Wildman–Crippen LogP) is 3.59. The summed E-state index contributed by atoms with van der Waals surface area (Å²) in [7, 11) is 3.95. The molecular formula is C20H21N3O. The molecule has 0 amide bonds. The minimum absolute atomic E-state index is 0.184. The molecule has 0 aromatic heterocycles. The molecule has 0 bridgehead atoms. The minimum atomic E-state index is -0.200. The van der Waals surface area contributed by atoms with Crippen LogP contribution in [0.1, 0.15) is 28.2 Å². The second-order valence-electron chi connectivity index (χ2n) is 6.39. The lowest BCUT2D eigenvalue weighted by molar-refractivity contribution is 0.394. The molecular weight excluding hydrogens is 298 g/mol. The molecule has 1 aliphatic heterocycles. The van der Waals surface area contributed by atoms with Crippen molar-refractivity contribution in [1.82, 2.24) is 0 Å². The Bertz CT molecular complexity index is 875. The summed E-state index contributed by atoms with van der Waals surface area (Å²) in [6.07, 6.45) is 0. The van der Waals surface area contributed by atoms with Crippen molar-refractivity contribution in [3.8, 4) is 11.8 Å². The zero-order valence-electron chi connectivity index (χ0n) is 14.4. The van der Waals surface area contributed by atoms with Gasteiger partial charge in [0.15, 0.2) is 0 Å². The van der Waals surface area contributed by atoms with E-state index in [0.29, 0.717) is 11.3 Å². The number of rotatable bonds is 2. The number of hydrogen-bond donors (Lipinski definition) is 1. The van der Waals surface area contributed by atoms with Crippen LogP contribution in [-0.2, 0) is 0 Å². The van der Waals surface area contributed by atoms with Gasteiger partial charge in [-0.1, -0.05) is 24.3 Å². The van der Waals surface area contributed by atoms with Crippen LogP contribution >= 0.6 is 0 Å². The monoisotopic (exact) mass is 319 g/mol.